The first-order valence-corrected chi connectivity index (χ1v) is 34.8. The maximum Gasteiger partial charge on any atom is 0.306 e. The molecular formula is C70H126NO8P. The number of carbonyl (C=O) groups excluding carboxylic acids is 2. The Morgan fingerprint density at radius 2 is 0.713 bits per heavy atom. The molecule has 0 saturated carbocycles. The summed E-state index contributed by atoms with van der Waals surface area (Å²) < 4.78 is 34.3. The lowest BCUT2D eigenvalue weighted by atomic mass is 10.0. The Hall–Kier alpha value is -2.81. The molecule has 10 heteroatoms. The molecule has 0 radical (unpaired) electrons. The van der Waals surface area contributed by atoms with Gasteiger partial charge in [0.1, 0.15) is 19.8 Å². The third kappa shape index (κ3) is 64.4. The Kier molecular flexibility index (Phi) is 58.6. The number of quaternary nitrogens is 1. The van der Waals surface area contributed by atoms with Crippen LogP contribution in [0.2, 0.25) is 0 Å². The summed E-state index contributed by atoms with van der Waals surface area (Å²) in [6.45, 7) is 4.15. The van der Waals surface area contributed by atoms with E-state index in [0.717, 1.165) is 77.0 Å². The van der Waals surface area contributed by atoms with Gasteiger partial charge in [-0.15, -0.1) is 0 Å². The average Bonchev–Trinajstić information content (AvgIpc) is 3.42. The molecule has 0 aliphatic rings. The fourth-order valence-electron chi connectivity index (χ4n) is 9.30. The van der Waals surface area contributed by atoms with E-state index in [2.05, 4.69) is 98.9 Å². The largest absolute Gasteiger partial charge is 0.756 e. The highest BCUT2D eigenvalue weighted by Crippen LogP contribution is 2.38. The Morgan fingerprint density at radius 1 is 0.400 bits per heavy atom. The molecule has 464 valence electrons. The molecule has 0 saturated heterocycles. The van der Waals surface area contributed by atoms with Crippen molar-refractivity contribution in [1.29, 1.82) is 0 Å². The van der Waals surface area contributed by atoms with Crippen molar-refractivity contribution < 1.29 is 42.1 Å². The minimum Gasteiger partial charge on any atom is -0.756 e. The van der Waals surface area contributed by atoms with Gasteiger partial charge in [0.25, 0.3) is 7.82 Å². The minimum absolute atomic E-state index is 0.0324. The third-order valence-corrected chi connectivity index (χ3v) is 15.4. The molecule has 0 heterocycles. The second-order valence-corrected chi connectivity index (χ2v) is 24.9. The van der Waals surface area contributed by atoms with Gasteiger partial charge < -0.3 is 27.9 Å². The molecule has 0 bridgehead atoms. The van der Waals surface area contributed by atoms with Crippen molar-refractivity contribution in [2.45, 2.75) is 302 Å². The van der Waals surface area contributed by atoms with Gasteiger partial charge in [-0.2, -0.15) is 0 Å². The van der Waals surface area contributed by atoms with E-state index in [9.17, 15) is 19.0 Å². The normalized spacial score (nSPS) is 13.7. The van der Waals surface area contributed by atoms with Crippen LogP contribution >= 0.6 is 7.82 Å². The van der Waals surface area contributed by atoms with Gasteiger partial charge in [-0.25, -0.2) is 0 Å². The van der Waals surface area contributed by atoms with Gasteiger partial charge in [-0.3, -0.25) is 14.2 Å². The molecule has 0 spiro atoms. The first-order chi connectivity index (χ1) is 39.0. The topological polar surface area (TPSA) is 111 Å². The van der Waals surface area contributed by atoms with Crippen molar-refractivity contribution in [2.75, 3.05) is 47.5 Å². The number of nitrogens with zero attached hydrogens (tertiary/aromatic N) is 1. The minimum atomic E-state index is -4.64. The van der Waals surface area contributed by atoms with Gasteiger partial charge in [0, 0.05) is 12.8 Å². The zero-order valence-corrected chi connectivity index (χ0v) is 53.7. The second kappa shape index (κ2) is 60.8. The molecule has 2 atom stereocenters. The van der Waals surface area contributed by atoms with Gasteiger partial charge in [0.15, 0.2) is 6.10 Å². The van der Waals surface area contributed by atoms with E-state index in [-0.39, 0.29) is 32.0 Å². The van der Waals surface area contributed by atoms with E-state index in [4.69, 9.17) is 18.5 Å². The van der Waals surface area contributed by atoms with E-state index in [1.807, 2.05) is 21.1 Å². The summed E-state index contributed by atoms with van der Waals surface area (Å²) in [6.07, 6.45) is 82.2. The van der Waals surface area contributed by atoms with Crippen LogP contribution in [0.15, 0.2) is 85.1 Å². The van der Waals surface area contributed by atoms with E-state index in [1.165, 1.54) is 186 Å². The van der Waals surface area contributed by atoms with Crippen molar-refractivity contribution in [2.24, 2.45) is 0 Å². The Morgan fingerprint density at radius 3 is 1.06 bits per heavy atom. The van der Waals surface area contributed by atoms with Gasteiger partial charge in [-0.05, 0) is 89.9 Å². The maximum atomic E-state index is 12.9. The number of hydrogen-bond acceptors (Lipinski definition) is 8. The molecule has 0 rings (SSSR count). The molecule has 0 aliphatic heterocycles. The van der Waals surface area contributed by atoms with Crippen LogP contribution in [0, 0.1) is 0 Å². The number of unbranched alkanes of at least 4 members (excludes halogenated alkanes) is 33. The highest BCUT2D eigenvalue weighted by atomic mass is 31.2. The zero-order valence-electron chi connectivity index (χ0n) is 52.8. The third-order valence-electron chi connectivity index (χ3n) is 14.4. The smallest absolute Gasteiger partial charge is 0.306 e. The molecule has 0 fully saturated rings. The van der Waals surface area contributed by atoms with Crippen molar-refractivity contribution in [3.63, 3.8) is 0 Å². The van der Waals surface area contributed by atoms with Crippen LogP contribution in [0.25, 0.3) is 0 Å². The number of hydrogen-bond donors (Lipinski definition) is 0. The molecule has 0 amide bonds. The monoisotopic (exact) mass is 1140 g/mol. The van der Waals surface area contributed by atoms with Crippen LogP contribution in [-0.4, -0.2) is 70.0 Å². The maximum absolute atomic E-state index is 12.9. The van der Waals surface area contributed by atoms with E-state index < -0.39 is 26.5 Å². The molecule has 0 aliphatic carbocycles. The van der Waals surface area contributed by atoms with Crippen molar-refractivity contribution >= 4 is 19.8 Å². The van der Waals surface area contributed by atoms with Gasteiger partial charge in [0.2, 0.25) is 0 Å². The summed E-state index contributed by atoms with van der Waals surface area (Å²) in [5.74, 6) is -0.827. The Bertz CT molecular complexity index is 1630. The number of phosphoric acid groups is 1. The predicted octanol–water partition coefficient (Wildman–Crippen LogP) is 20.7. The summed E-state index contributed by atoms with van der Waals surface area (Å²) in [5, 5.41) is 0. The lowest BCUT2D eigenvalue weighted by Crippen LogP contribution is -2.37. The molecule has 0 aromatic rings. The highest BCUT2D eigenvalue weighted by Gasteiger charge is 2.22. The second-order valence-electron chi connectivity index (χ2n) is 23.5. The Balaban J connectivity index is 4.05. The number of phosphoric ester groups is 1. The first-order valence-electron chi connectivity index (χ1n) is 33.3. The van der Waals surface area contributed by atoms with E-state index >= 15 is 0 Å². The summed E-state index contributed by atoms with van der Waals surface area (Å²) >= 11 is 0. The fraction of sp³-hybridized carbons (Fsp3) is 0.771. The molecule has 9 nitrogen and oxygen atoms in total. The van der Waals surface area contributed by atoms with Crippen LogP contribution in [0.1, 0.15) is 296 Å². The number of rotatable bonds is 61. The zero-order chi connectivity index (χ0) is 58.4. The standard InChI is InChI=1S/C70H126NO8P/c1-6-8-10-12-14-16-18-20-22-24-26-28-30-31-32-33-34-35-36-37-38-39-41-43-45-47-49-51-53-55-57-59-61-63-70(73)79-68(67-78-80(74,75)77-65-64-71(3,4)5)66-76-69(72)62-60-58-56-54-52-50-48-46-44-42-40-29-27-25-23-21-19-17-15-13-11-9-7-2/h8,10,14,16,19-22,25-28,31-32,68H,6-7,9,11-13,15,17-18,23-24,29-30,33-67H2,1-5H3/b10-8-,16-14-,21-19-,22-20-,27-25-,28-26-,32-31-. The van der Waals surface area contributed by atoms with Gasteiger partial charge in [0.05, 0.1) is 27.7 Å². The van der Waals surface area contributed by atoms with Crippen LogP contribution in [-0.2, 0) is 32.7 Å². The first kappa shape index (κ1) is 77.2. The van der Waals surface area contributed by atoms with E-state index in [1.54, 1.807) is 0 Å². The van der Waals surface area contributed by atoms with E-state index in [0.29, 0.717) is 17.4 Å². The Labute approximate surface area is 494 Å². The van der Waals surface area contributed by atoms with Crippen LogP contribution in [0.4, 0.5) is 0 Å². The number of esters is 2. The summed E-state index contributed by atoms with van der Waals surface area (Å²) in [5.41, 5.74) is 0. The van der Waals surface area contributed by atoms with Crippen LogP contribution in [0.5, 0.6) is 0 Å². The fourth-order valence-corrected chi connectivity index (χ4v) is 10.0. The molecule has 0 N–H and O–H groups in total. The highest BCUT2D eigenvalue weighted by molar-refractivity contribution is 7.45. The molecular weight excluding hydrogens is 1010 g/mol. The molecule has 80 heavy (non-hydrogen) atoms. The number of allylic oxidation sites excluding steroid dienone is 14. The van der Waals surface area contributed by atoms with Crippen LogP contribution in [0.3, 0.4) is 0 Å². The van der Waals surface area contributed by atoms with Gasteiger partial charge in [-0.1, -0.05) is 279 Å². The van der Waals surface area contributed by atoms with Gasteiger partial charge >= 0.3 is 11.9 Å². The number of ether oxygens (including phenoxy) is 2. The van der Waals surface area contributed by atoms with Crippen LogP contribution < -0.4 is 4.89 Å². The lowest BCUT2D eigenvalue weighted by molar-refractivity contribution is -0.870. The number of likely N-dealkylation sites (N-methyl/N-ethyl adjacent to an activating group) is 1. The average molecular weight is 1140 g/mol. The van der Waals surface area contributed by atoms with Crippen molar-refractivity contribution in [3.05, 3.63) is 85.1 Å². The molecule has 0 aromatic carbocycles. The lowest BCUT2D eigenvalue weighted by Gasteiger charge is -2.28. The quantitative estimate of drug-likeness (QED) is 0.0195. The summed E-state index contributed by atoms with van der Waals surface area (Å²) in [6, 6.07) is 0. The predicted molar refractivity (Wildman–Crippen MR) is 342 cm³/mol. The SMILES string of the molecule is CC/C=C\C/C=C\C/C=C\C/C=C\C/C=C\CCCCCCCCCCCCCCCCCCCC(=O)OC(COC(=O)CCCCCCCCCCCCC/C=C\C/C=C\CCCCCCC)COP(=O)([O-])OCC[N+](C)(C)C. The van der Waals surface area contributed by atoms with Crippen molar-refractivity contribution in [3.8, 4) is 0 Å². The molecule has 2 unspecified atom stereocenters. The summed E-state index contributed by atoms with van der Waals surface area (Å²) in [4.78, 5) is 38.0. The molecule has 0 aromatic heterocycles. The van der Waals surface area contributed by atoms with Crippen molar-refractivity contribution in [1.82, 2.24) is 0 Å². The number of carbonyl (C=O) groups is 2. The summed E-state index contributed by atoms with van der Waals surface area (Å²) in [7, 11) is 1.17.